The Morgan fingerprint density at radius 2 is 1.91 bits per heavy atom. The molecule has 5 rings (SSSR count). The number of rotatable bonds is 2. The third kappa shape index (κ3) is 2.11. The Kier molecular flexibility index (Phi) is 2.86. The highest BCUT2D eigenvalue weighted by Crippen LogP contribution is 2.40. The van der Waals surface area contributed by atoms with Gasteiger partial charge in [-0.1, -0.05) is 24.6 Å². The maximum Gasteiger partial charge on any atom is 0.137 e. The molecule has 0 bridgehead atoms. The highest BCUT2D eigenvalue weighted by atomic mass is 14.8. The zero-order chi connectivity index (χ0) is 15.4. The van der Waals surface area contributed by atoms with E-state index >= 15 is 0 Å². The van der Waals surface area contributed by atoms with Crippen LogP contribution in [0.2, 0.25) is 0 Å². The monoisotopic (exact) mass is 303 g/mol. The molecule has 0 radical (unpaired) electrons. The van der Waals surface area contributed by atoms with Crippen molar-refractivity contribution >= 4 is 11.0 Å². The van der Waals surface area contributed by atoms with Crippen molar-refractivity contribution in [3.05, 3.63) is 53.3 Å². The second-order valence-corrected chi connectivity index (χ2v) is 7.14. The second kappa shape index (κ2) is 4.93. The van der Waals surface area contributed by atoms with Crippen molar-refractivity contribution in [1.29, 1.82) is 0 Å². The number of nitrogens with zero attached hydrogens (tertiary/aromatic N) is 1. The average Bonchev–Trinajstić information content (AvgIpc) is 3.07. The minimum Gasteiger partial charge on any atom is -0.346 e. The van der Waals surface area contributed by atoms with E-state index < -0.39 is 0 Å². The number of H-pyrrole nitrogens is 1. The summed E-state index contributed by atoms with van der Waals surface area (Å²) in [5, 5.41) is 1.30. The SMILES string of the molecule is NC1Cc2ccc(-c3cnc4[nH]cc(C5CCC5)c4c3)cc2C1. The lowest BCUT2D eigenvalue weighted by Crippen LogP contribution is -2.18. The molecule has 3 nitrogen and oxygen atoms in total. The molecule has 1 fully saturated rings. The molecule has 0 saturated heterocycles. The summed E-state index contributed by atoms with van der Waals surface area (Å²) in [5.74, 6) is 0.721. The van der Waals surface area contributed by atoms with E-state index in [0.29, 0.717) is 0 Å². The van der Waals surface area contributed by atoms with E-state index in [1.165, 1.54) is 52.5 Å². The van der Waals surface area contributed by atoms with Crippen molar-refractivity contribution in [2.24, 2.45) is 5.73 Å². The van der Waals surface area contributed by atoms with Crippen molar-refractivity contribution in [3.8, 4) is 11.1 Å². The van der Waals surface area contributed by atoms with Crippen molar-refractivity contribution in [1.82, 2.24) is 9.97 Å². The first-order chi connectivity index (χ1) is 11.3. The van der Waals surface area contributed by atoms with E-state index in [1.54, 1.807) is 0 Å². The van der Waals surface area contributed by atoms with E-state index in [9.17, 15) is 0 Å². The second-order valence-electron chi connectivity index (χ2n) is 7.14. The molecular weight excluding hydrogens is 282 g/mol. The standard InChI is InChI=1S/C20H21N3/c21-17-7-14-5-4-13(6-15(14)8-17)16-9-18-19(12-2-1-3-12)11-23-20(18)22-10-16/h4-6,9-12,17H,1-3,7-8,21H2,(H,22,23). The van der Waals surface area contributed by atoms with Gasteiger partial charge >= 0.3 is 0 Å². The summed E-state index contributed by atoms with van der Waals surface area (Å²) >= 11 is 0. The number of pyridine rings is 1. The Labute approximate surface area is 135 Å². The number of fused-ring (bicyclic) bond motifs is 2. The first-order valence-electron chi connectivity index (χ1n) is 8.63. The van der Waals surface area contributed by atoms with Crippen molar-refractivity contribution in [3.63, 3.8) is 0 Å². The lowest BCUT2D eigenvalue weighted by atomic mass is 9.80. The molecule has 0 spiro atoms. The van der Waals surface area contributed by atoms with Crippen LogP contribution in [0.5, 0.6) is 0 Å². The predicted molar refractivity (Wildman–Crippen MR) is 93.5 cm³/mol. The normalized spacial score (nSPS) is 20.7. The first kappa shape index (κ1) is 13.3. The van der Waals surface area contributed by atoms with E-state index in [0.717, 1.165) is 24.4 Å². The maximum atomic E-state index is 6.09. The number of nitrogens with two attached hydrogens (primary N) is 1. The molecule has 116 valence electrons. The summed E-state index contributed by atoms with van der Waals surface area (Å²) in [6.07, 6.45) is 10.1. The van der Waals surface area contributed by atoms with Gasteiger partial charge in [-0.2, -0.15) is 0 Å². The Morgan fingerprint density at radius 3 is 2.74 bits per heavy atom. The number of hydrogen-bond acceptors (Lipinski definition) is 2. The largest absolute Gasteiger partial charge is 0.346 e. The summed E-state index contributed by atoms with van der Waals surface area (Å²) in [7, 11) is 0. The fourth-order valence-corrected chi connectivity index (χ4v) is 4.07. The summed E-state index contributed by atoms with van der Waals surface area (Å²) in [4.78, 5) is 7.98. The van der Waals surface area contributed by atoms with Crippen LogP contribution in [0.1, 0.15) is 41.9 Å². The minimum absolute atomic E-state index is 0.288. The van der Waals surface area contributed by atoms with Crippen LogP contribution in [0.25, 0.3) is 22.2 Å². The Hall–Kier alpha value is -2.13. The quantitative estimate of drug-likeness (QED) is 0.754. The lowest BCUT2D eigenvalue weighted by molar-refractivity contribution is 0.422. The number of nitrogens with one attached hydrogen (secondary N) is 1. The maximum absolute atomic E-state index is 6.09. The van der Waals surface area contributed by atoms with Crippen LogP contribution in [0, 0.1) is 0 Å². The molecule has 2 heterocycles. The summed E-state index contributed by atoms with van der Waals surface area (Å²) in [5.41, 5.74) is 13.8. The molecule has 2 aliphatic carbocycles. The molecule has 2 aromatic heterocycles. The van der Waals surface area contributed by atoms with Crippen LogP contribution in [-0.2, 0) is 12.8 Å². The summed E-state index contributed by atoms with van der Waals surface area (Å²) in [6, 6.07) is 9.36. The van der Waals surface area contributed by atoms with Gasteiger partial charge in [-0.25, -0.2) is 4.98 Å². The Morgan fingerprint density at radius 1 is 1.04 bits per heavy atom. The predicted octanol–water partition coefficient (Wildman–Crippen LogP) is 3.92. The van der Waals surface area contributed by atoms with Gasteiger partial charge in [0, 0.05) is 29.4 Å². The third-order valence-corrected chi connectivity index (χ3v) is 5.61. The van der Waals surface area contributed by atoms with E-state index in [4.69, 9.17) is 5.73 Å². The molecule has 2 aliphatic rings. The van der Waals surface area contributed by atoms with Gasteiger partial charge < -0.3 is 10.7 Å². The first-order valence-corrected chi connectivity index (χ1v) is 8.63. The number of aromatic amines is 1. The third-order valence-electron chi connectivity index (χ3n) is 5.61. The van der Waals surface area contributed by atoms with Gasteiger partial charge in [0.25, 0.3) is 0 Å². The average molecular weight is 303 g/mol. The molecule has 1 saturated carbocycles. The number of aromatic nitrogens is 2. The van der Waals surface area contributed by atoms with E-state index in [1.807, 2.05) is 6.20 Å². The molecule has 0 aliphatic heterocycles. The molecule has 3 heteroatoms. The fraction of sp³-hybridized carbons (Fsp3) is 0.350. The Balaban J connectivity index is 1.59. The molecule has 1 atom stereocenters. The van der Waals surface area contributed by atoms with Crippen LogP contribution >= 0.6 is 0 Å². The van der Waals surface area contributed by atoms with Crippen LogP contribution in [0.3, 0.4) is 0 Å². The molecule has 1 unspecified atom stereocenters. The van der Waals surface area contributed by atoms with Gasteiger partial charge in [-0.15, -0.1) is 0 Å². The molecular formula is C20H21N3. The zero-order valence-corrected chi connectivity index (χ0v) is 13.2. The highest BCUT2D eigenvalue weighted by Gasteiger charge is 2.23. The van der Waals surface area contributed by atoms with Crippen molar-refractivity contribution < 1.29 is 0 Å². The number of hydrogen-bond donors (Lipinski definition) is 2. The van der Waals surface area contributed by atoms with Gasteiger partial charge in [-0.05, 0) is 59.9 Å². The van der Waals surface area contributed by atoms with Gasteiger partial charge in [0.15, 0.2) is 0 Å². The molecule has 1 aromatic carbocycles. The summed E-state index contributed by atoms with van der Waals surface area (Å²) in [6.45, 7) is 0. The molecule has 23 heavy (non-hydrogen) atoms. The van der Waals surface area contributed by atoms with Crippen LogP contribution in [-0.4, -0.2) is 16.0 Å². The van der Waals surface area contributed by atoms with E-state index in [2.05, 4.69) is 40.4 Å². The van der Waals surface area contributed by atoms with Crippen molar-refractivity contribution in [2.75, 3.05) is 0 Å². The van der Waals surface area contributed by atoms with Crippen molar-refractivity contribution in [2.45, 2.75) is 44.1 Å². The minimum atomic E-state index is 0.288. The van der Waals surface area contributed by atoms with Crippen LogP contribution < -0.4 is 5.73 Å². The molecule has 3 N–H and O–H groups in total. The Bertz CT molecular complexity index is 889. The number of benzene rings is 1. The van der Waals surface area contributed by atoms with Gasteiger partial charge in [0.1, 0.15) is 5.65 Å². The highest BCUT2D eigenvalue weighted by molar-refractivity contribution is 5.85. The van der Waals surface area contributed by atoms with Gasteiger partial charge in [0.05, 0.1) is 0 Å². The van der Waals surface area contributed by atoms with Gasteiger partial charge in [0.2, 0.25) is 0 Å². The fourth-order valence-electron chi connectivity index (χ4n) is 4.07. The topological polar surface area (TPSA) is 54.7 Å². The smallest absolute Gasteiger partial charge is 0.137 e. The summed E-state index contributed by atoms with van der Waals surface area (Å²) < 4.78 is 0. The molecule has 3 aromatic rings. The van der Waals surface area contributed by atoms with Crippen LogP contribution in [0.15, 0.2) is 36.7 Å². The zero-order valence-electron chi connectivity index (χ0n) is 13.2. The van der Waals surface area contributed by atoms with Crippen LogP contribution in [0.4, 0.5) is 0 Å². The lowest BCUT2D eigenvalue weighted by Gasteiger charge is -2.24. The van der Waals surface area contributed by atoms with E-state index in [-0.39, 0.29) is 6.04 Å². The molecule has 0 amide bonds. The van der Waals surface area contributed by atoms with Gasteiger partial charge in [-0.3, -0.25) is 0 Å².